The summed E-state index contributed by atoms with van der Waals surface area (Å²) in [5, 5.41) is 7.47. The quantitative estimate of drug-likeness (QED) is 0.243. The van der Waals surface area contributed by atoms with Crippen molar-refractivity contribution in [1.29, 1.82) is 0 Å². The number of nitrogens with one attached hydrogen (secondary N) is 2. The maximum atomic E-state index is 12.0. The Morgan fingerprint density at radius 3 is 2.44 bits per heavy atom. The molecule has 0 fully saturated rings. The Kier molecular flexibility index (Phi) is 8.36. The third-order valence-electron chi connectivity index (χ3n) is 4.03. The van der Waals surface area contributed by atoms with Crippen molar-refractivity contribution in [3.05, 3.63) is 91.9 Å². The van der Waals surface area contributed by atoms with Crippen LogP contribution in [0.4, 0.5) is 5.69 Å². The molecule has 164 valence electrons. The predicted octanol–water partition coefficient (Wildman–Crippen LogP) is 5.97. The van der Waals surface area contributed by atoms with Crippen molar-refractivity contribution in [1.82, 2.24) is 5.43 Å². The molecule has 0 aliphatic carbocycles. The van der Waals surface area contributed by atoms with E-state index >= 15 is 0 Å². The minimum absolute atomic E-state index is 0.136. The Morgan fingerprint density at radius 1 is 0.875 bits per heavy atom. The Labute approximate surface area is 204 Å². The van der Waals surface area contributed by atoms with Crippen LogP contribution in [0.2, 0.25) is 20.1 Å². The van der Waals surface area contributed by atoms with Crippen molar-refractivity contribution in [3.63, 3.8) is 0 Å². The molecule has 0 unspecified atom stereocenters. The summed E-state index contributed by atoms with van der Waals surface area (Å²) in [4.78, 5) is 24.0. The highest BCUT2D eigenvalue weighted by Gasteiger charge is 2.15. The van der Waals surface area contributed by atoms with Crippen LogP contribution in [0, 0.1) is 0 Å². The van der Waals surface area contributed by atoms with Crippen molar-refractivity contribution in [2.45, 2.75) is 6.61 Å². The molecule has 2 N–H and O–H groups in total. The van der Waals surface area contributed by atoms with Crippen LogP contribution in [0.1, 0.15) is 11.1 Å². The standard InChI is InChI=1S/C22H15Cl4N3O3/c23-16-8-7-14(10-18(16)25)12-32-15-4-1-3-13(9-15)11-27-29-22(31)21(30)28-19-6-2-5-17(24)20(19)26/h1-11H,12H2,(H,28,30)(H,29,31)/b27-11-. The van der Waals surface area contributed by atoms with E-state index in [2.05, 4.69) is 15.8 Å². The summed E-state index contributed by atoms with van der Waals surface area (Å²) >= 11 is 23.8. The van der Waals surface area contributed by atoms with E-state index in [0.29, 0.717) is 28.0 Å². The number of hydrazone groups is 1. The molecule has 0 aliphatic rings. The number of nitrogens with zero attached hydrogens (tertiary/aromatic N) is 1. The summed E-state index contributed by atoms with van der Waals surface area (Å²) in [5.41, 5.74) is 3.87. The lowest BCUT2D eigenvalue weighted by molar-refractivity contribution is -0.136. The van der Waals surface area contributed by atoms with Crippen molar-refractivity contribution in [3.8, 4) is 5.75 Å². The van der Waals surface area contributed by atoms with Crippen LogP contribution in [0.5, 0.6) is 5.75 Å². The van der Waals surface area contributed by atoms with Crippen LogP contribution < -0.4 is 15.5 Å². The number of halogens is 4. The average Bonchev–Trinajstić information content (AvgIpc) is 2.78. The minimum Gasteiger partial charge on any atom is -0.489 e. The molecule has 32 heavy (non-hydrogen) atoms. The van der Waals surface area contributed by atoms with Gasteiger partial charge in [-0.05, 0) is 47.5 Å². The van der Waals surface area contributed by atoms with Gasteiger partial charge in [0.2, 0.25) is 0 Å². The Hall–Kier alpha value is -2.77. The molecule has 0 aromatic heterocycles. The lowest BCUT2D eigenvalue weighted by Crippen LogP contribution is -2.32. The van der Waals surface area contributed by atoms with E-state index < -0.39 is 11.8 Å². The van der Waals surface area contributed by atoms with E-state index in [-0.39, 0.29) is 15.7 Å². The highest BCUT2D eigenvalue weighted by molar-refractivity contribution is 6.45. The van der Waals surface area contributed by atoms with E-state index in [9.17, 15) is 9.59 Å². The maximum absolute atomic E-state index is 12.0. The molecule has 0 heterocycles. The van der Waals surface area contributed by atoms with Crippen molar-refractivity contribution >= 4 is 70.1 Å². The van der Waals surface area contributed by atoms with Crippen LogP contribution in [0.15, 0.2) is 65.8 Å². The Bertz CT molecular complexity index is 1180. The Morgan fingerprint density at radius 2 is 1.66 bits per heavy atom. The number of ether oxygens (including phenoxy) is 1. The molecular weight excluding hydrogens is 496 g/mol. The number of amides is 2. The fraction of sp³-hybridized carbons (Fsp3) is 0.0455. The van der Waals surface area contributed by atoms with Gasteiger partial charge < -0.3 is 10.1 Å². The number of rotatable bonds is 6. The molecule has 3 aromatic carbocycles. The first-order valence-electron chi connectivity index (χ1n) is 9.08. The first-order chi connectivity index (χ1) is 15.3. The minimum atomic E-state index is -0.968. The molecule has 10 heteroatoms. The summed E-state index contributed by atoms with van der Waals surface area (Å²) < 4.78 is 5.74. The molecule has 0 bridgehead atoms. The highest BCUT2D eigenvalue weighted by Crippen LogP contribution is 2.29. The van der Waals surface area contributed by atoms with Gasteiger partial charge in [-0.25, -0.2) is 5.43 Å². The number of hydrogen-bond donors (Lipinski definition) is 2. The van der Waals surface area contributed by atoms with Crippen LogP contribution in [-0.2, 0) is 16.2 Å². The SMILES string of the molecule is O=C(N/N=C\c1cccc(OCc2ccc(Cl)c(Cl)c2)c1)C(=O)Nc1cccc(Cl)c1Cl. The number of carbonyl (C=O) groups excluding carboxylic acids is 2. The van der Waals surface area contributed by atoms with E-state index in [1.165, 1.54) is 12.3 Å². The molecule has 0 radical (unpaired) electrons. The Balaban J connectivity index is 1.54. The van der Waals surface area contributed by atoms with Crippen molar-refractivity contribution < 1.29 is 14.3 Å². The third kappa shape index (κ3) is 6.61. The fourth-order valence-corrected chi connectivity index (χ4v) is 3.14. The lowest BCUT2D eigenvalue weighted by Gasteiger charge is -2.08. The fourth-order valence-electron chi connectivity index (χ4n) is 2.48. The lowest BCUT2D eigenvalue weighted by atomic mass is 10.2. The molecule has 3 rings (SSSR count). The maximum Gasteiger partial charge on any atom is 0.329 e. The first kappa shape index (κ1) is 23.9. The topological polar surface area (TPSA) is 79.8 Å². The zero-order valence-corrected chi connectivity index (χ0v) is 19.3. The highest BCUT2D eigenvalue weighted by atomic mass is 35.5. The van der Waals surface area contributed by atoms with Gasteiger partial charge >= 0.3 is 11.8 Å². The van der Waals surface area contributed by atoms with E-state index in [1.54, 1.807) is 48.5 Å². The van der Waals surface area contributed by atoms with Crippen molar-refractivity contribution in [2.24, 2.45) is 5.10 Å². The van der Waals surface area contributed by atoms with Crippen LogP contribution >= 0.6 is 46.4 Å². The van der Waals surface area contributed by atoms with Crippen LogP contribution in [-0.4, -0.2) is 18.0 Å². The molecule has 0 spiro atoms. The average molecular weight is 511 g/mol. The first-order valence-corrected chi connectivity index (χ1v) is 10.6. The van der Waals surface area contributed by atoms with Gasteiger partial charge in [-0.2, -0.15) is 5.10 Å². The van der Waals surface area contributed by atoms with Crippen LogP contribution in [0.25, 0.3) is 0 Å². The van der Waals surface area contributed by atoms with E-state index in [1.807, 2.05) is 6.07 Å². The predicted molar refractivity (Wildman–Crippen MR) is 128 cm³/mol. The van der Waals surface area contributed by atoms with Gasteiger partial charge in [0.1, 0.15) is 12.4 Å². The second kappa shape index (κ2) is 11.2. The number of hydrogen-bond acceptors (Lipinski definition) is 4. The van der Waals surface area contributed by atoms with E-state index in [4.69, 9.17) is 51.1 Å². The van der Waals surface area contributed by atoms with E-state index in [0.717, 1.165) is 5.56 Å². The van der Waals surface area contributed by atoms with Gasteiger partial charge in [0, 0.05) is 0 Å². The number of anilines is 1. The second-order valence-corrected chi connectivity index (χ2v) is 7.96. The molecule has 0 atom stereocenters. The molecule has 2 amide bonds. The van der Waals surface area contributed by atoms with Gasteiger partial charge in [-0.3, -0.25) is 9.59 Å². The summed E-state index contributed by atoms with van der Waals surface area (Å²) in [5.74, 6) is -1.32. The number of carbonyl (C=O) groups is 2. The largest absolute Gasteiger partial charge is 0.489 e. The molecule has 6 nitrogen and oxygen atoms in total. The van der Waals surface area contributed by atoms with Gasteiger partial charge in [0.05, 0.1) is 32.0 Å². The van der Waals surface area contributed by atoms with Gasteiger partial charge in [-0.1, -0.05) is 70.7 Å². The normalized spacial score (nSPS) is 10.8. The van der Waals surface area contributed by atoms with Gasteiger partial charge in [0.15, 0.2) is 0 Å². The molecule has 0 saturated heterocycles. The van der Waals surface area contributed by atoms with Gasteiger partial charge in [-0.15, -0.1) is 0 Å². The molecular formula is C22H15Cl4N3O3. The number of benzene rings is 3. The summed E-state index contributed by atoms with van der Waals surface area (Å²) in [6.45, 7) is 0.292. The third-order valence-corrected chi connectivity index (χ3v) is 5.59. The smallest absolute Gasteiger partial charge is 0.329 e. The molecule has 0 aliphatic heterocycles. The monoisotopic (exact) mass is 509 g/mol. The molecule has 0 saturated carbocycles. The second-order valence-electron chi connectivity index (χ2n) is 6.36. The summed E-state index contributed by atoms with van der Waals surface area (Å²) in [6.07, 6.45) is 1.38. The molecule has 3 aromatic rings. The van der Waals surface area contributed by atoms with Gasteiger partial charge in [0.25, 0.3) is 0 Å². The van der Waals surface area contributed by atoms with Crippen LogP contribution in [0.3, 0.4) is 0 Å². The zero-order valence-electron chi connectivity index (χ0n) is 16.2. The van der Waals surface area contributed by atoms with Crippen molar-refractivity contribution in [2.75, 3.05) is 5.32 Å². The zero-order chi connectivity index (χ0) is 23.1. The summed E-state index contributed by atoms with van der Waals surface area (Å²) in [6, 6.07) is 16.9. The summed E-state index contributed by atoms with van der Waals surface area (Å²) in [7, 11) is 0.